The van der Waals surface area contributed by atoms with E-state index in [0.717, 1.165) is 11.1 Å². The number of likely N-dealkylation sites (tertiary alicyclic amines) is 1. The topological polar surface area (TPSA) is 70.2 Å². The summed E-state index contributed by atoms with van der Waals surface area (Å²) in [5.74, 6) is 0. The highest BCUT2D eigenvalue weighted by Crippen LogP contribution is 2.50. The van der Waals surface area contributed by atoms with E-state index in [1.54, 1.807) is 26.2 Å². The smallest absolute Gasteiger partial charge is 0.320 e. The maximum absolute atomic E-state index is 13.5. The highest BCUT2D eigenvalue weighted by atomic mass is 32.2. The molecule has 0 aromatic heterocycles. The van der Waals surface area contributed by atoms with Crippen LogP contribution in [0, 0.1) is 0 Å². The van der Waals surface area contributed by atoms with Crippen molar-refractivity contribution in [1.82, 2.24) is 14.1 Å². The minimum atomic E-state index is -3.65. The van der Waals surface area contributed by atoms with Crippen LogP contribution in [0.2, 0.25) is 0 Å². The molecule has 2 aromatic carbocycles. The molecule has 0 bridgehead atoms. The van der Waals surface area contributed by atoms with Crippen molar-refractivity contribution in [2.75, 3.05) is 39.4 Å². The van der Waals surface area contributed by atoms with Crippen LogP contribution in [0.4, 0.5) is 4.79 Å². The number of hydrogen-bond acceptors (Lipinski definition) is 4. The van der Waals surface area contributed by atoms with Crippen molar-refractivity contribution in [3.8, 4) is 0 Å². The lowest BCUT2D eigenvalue weighted by atomic mass is 9.88. The first-order valence-corrected chi connectivity index (χ1v) is 11.7. The summed E-state index contributed by atoms with van der Waals surface area (Å²) in [5.41, 5.74) is 1.01. The highest BCUT2D eigenvalue weighted by Gasteiger charge is 2.57. The zero-order valence-electron chi connectivity index (χ0n) is 16.7. The summed E-state index contributed by atoms with van der Waals surface area (Å²) in [5, 5.41) is 0. The molecular weight excluding hydrogens is 402 g/mol. The molecule has 2 amide bonds. The van der Waals surface area contributed by atoms with E-state index >= 15 is 0 Å². The van der Waals surface area contributed by atoms with Gasteiger partial charge in [0.1, 0.15) is 0 Å². The SMILES string of the molecule is O=C(N1CCOCC1)N1CCC2(C1)c1ccccc1S(=O)(=O)N2Cc1ccccc1. The second-order valence-electron chi connectivity index (χ2n) is 8.08. The number of fused-ring (bicyclic) bond motifs is 2. The molecule has 3 heterocycles. The molecule has 0 N–H and O–H groups in total. The van der Waals surface area contributed by atoms with Gasteiger partial charge in [-0.2, -0.15) is 4.31 Å². The summed E-state index contributed by atoms with van der Waals surface area (Å²) in [6.45, 7) is 3.43. The fourth-order valence-electron chi connectivity index (χ4n) is 4.88. The molecule has 0 saturated carbocycles. The molecule has 1 atom stereocenters. The maximum atomic E-state index is 13.5. The highest BCUT2D eigenvalue weighted by molar-refractivity contribution is 7.89. The summed E-state index contributed by atoms with van der Waals surface area (Å²) in [6.07, 6.45) is 0.589. The van der Waals surface area contributed by atoms with E-state index in [1.807, 2.05) is 42.5 Å². The summed E-state index contributed by atoms with van der Waals surface area (Å²) >= 11 is 0. The predicted molar refractivity (Wildman–Crippen MR) is 111 cm³/mol. The lowest BCUT2D eigenvalue weighted by Gasteiger charge is -2.35. The number of morpholine rings is 1. The van der Waals surface area contributed by atoms with Crippen LogP contribution < -0.4 is 0 Å². The third kappa shape index (κ3) is 3.02. The quantitative estimate of drug-likeness (QED) is 0.737. The zero-order valence-corrected chi connectivity index (χ0v) is 17.6. The second-order valence-corrected chi connectivity index (χ2v) is 9.91. The Labute approximate surface area is 176 Å². The number of ether oxygens (including phenoxy) is 1. The van der Waals surface area contributed by atoms with Crippen molar-refractivity contribution in [3.63, 3.8) is 0 Å². The number of benzene rings is 2. The van der Waals surface area contributed by atoms with Crippen LogP contribution in [0.5, 0.6) is 0 Å². The molecule has 158 valence electrons. The Balaban J connectivity index is 1.51. The molecule has 7 nitrogen and oxygen atoms in total. The first-order chi connectivity index (χ1) is 14.5. The van der Waals surface area contributed by atoms with Crippen LogP contribution in [0.15, 0.2) is 59.5 Å². The fraction of sp³-hybridized carbons (Fsp3) is 0.409. The van der Waals surface area contributed by atoms with Crippen LogP contribution >= 0.6 is 0 Å². The molecule has 2 saturated heterocycles. The number of nitrogens with zero attached hydrogens (tertiary/aromatic N) is 3. The number of carbonyl (C=O) groups excluding carboxylic acids is 1. The standard InChI is InChI=1S/C22H25N3O4S/c26-21(23-12-14-29-15-13-23)24-11-10-22(17-24)19-8-4-5-9-20(19)30(27,28)25(22)16-18-6-2-1-3-7-18/h1-9H,10-17H2. The minimum Gasteiger partial charge on any atom is -0.378 e. The Bertz CT molecular complexity index is 1050. The molecule has 0 aliphatic carbocycles. The van der Waals surface area contributed by atoms with E-state index in [-0.39, 0.29) is 12.6 Å². The van der Waals surface area contributed by atoms with Crippen LogP contribution in [-0.4, -0.2) is 67.9 Å². The summed E-state index contributed by atoms with van der Waals surface area (Å²) < 4.78 is 34.0. The molecule has 30 heavy (non-hydrogen) atoms. The molecule has 2 fully saturated rings. The maximum Gasteiger partial charge on any atom is 0.320 e. The van der Waals surface area contributed by atoms with E-state index < -0.39 is 15.6 Å². The van der Waals surface area contributed by atoms with Gasteiger partial charge in [-0.05, 0) is 23.6 Å². The van der Waals surface area contributed by atoms with Gasteiger partial charge in [0.25, 0.3) is 0 Å². The van der Waals surface area contributed by atoms with Gasteiger partial charge in [-0.25, -0.2) is 13.2 Å². The average Bonchev–Trinajstić information content (AvgIpc) is 3.30. The first-order valence-electron chi connectivity index (χ1n) is 10.3. The van der Waals surface area contributed by atoms with Crippen molar-refractivity contribution in [3.05, 3.63) is 65.7 Å². The Morgan fingerprint density at radius 1 is 0.933 bits per heavy atom. The van der Waals surface area contributed by atoms with E-state index in [0.29, 0.717) is 50.7 Å². The van der Waals surface area contributed by atoms with E-state index in [4.69, 9.17) is 4.74 Å². The van der Waals surface area contributed by atoms with Crippen LogP contribution in [0.25, 0.3) is 0 Å². The van der Waals surface area contributed by atoms with Crippen LogP contribution in [-0.2, 0) is 26.8 Å². The van der Waals surface area contributed by atoms with Gasteiger partial charge in [0.05, 0.1) is 23.6 Å². The van der Waals surface area contributed by atoms with Crippen molar-refractivity contribution >= 4 is 16.1 Å². The van der Waals surface area contributed by atoms with E-state index in [1.165, 1.54) is 0 Å². The van der Waals surface area contributed by atoms with Gasteiger partial charge in [-0.3, -0.25) is 0 Å². The van der Waals surface area contributed by atoms with E-state index in [2.05, 4.69) is 0 Å². The number of hydrogen-bond donors (Lipinski definition) is 0. The average molecular weight is 428 g/mol. The Morgan fingerprint density at radius 2 is 1.63 bits per heavy atom. The monoisotopic (exact) mass is 427 g/mol. The molecule has 8 heteroatoms. The normalized spacial score (nSPS) is 25.6. The number of amides is 2. The van der Waals surface area contributed by atoms with Gasteiger partial charge in [0.15, 0.2) is 0 Å². The third-order valence-corrected chi connectivity index (χ3v) is 8.37. The van der Waals surface area contributed by atoms with Gasteiger partial charge >= 0.3 is 6.03 Å². The number of sulfonamides is 1. The molecule has 1 spiro atoms. The van der Waals surface area contributed by atoms with Gasteiger partial charge in [0, 0.05) is 32.7 Å². The molecule has 1 unspecified atom stereocenters. The summed E-state index contributed by atoms with van der Waals surface area (Å²) in [7, 11) is -3.65. The van der Waals surface area contributed by atoms with Crippen molar-refractivity contribution in [1.29, 1.82) is 0 Å². The molecule has 0 radical (unpaired) electrons. The minimum absolute atomic E-state index is 0.0309. The van der Waals surface area contributed by atoms with Gasteiger partial charge in [-0.15, -0.1) is 0 Å². The molecule has 2 aromatic rings. The lowest BCUT2D eigenvalue weighted by molar-refractivity contribution is 0.0439. The predicted octanol–water partition coefficient (Wildman–Crippen LogP) is 2.24. The molecule has 3 aliphatic rings. The zero-order chi connectivity index (χ0) is 20.8. The van der Waals surface area contributed by atoms with Gasteiger partial charge < -0.3 is 14.5 Å². The van der Waals surface area contributed by atoms with Crippen molar-refractivity contribution in [2.24, 2.45) is 0 Å². The Hall–Kier alpha value is -2.42. The Kier molecular flexibility index (Phi) is 4.80. The summed E-state index contributed by atoms with van der Waals surface area (Å²) in [6, 6.07) is 16.8. The van der Waals surface area contributed by atoms with Crippen molar-refractivity contribution in [2.45, 2.75) is 23.4 Å². The summed E-state index contributed by atoms with van der Waals surface area (Å²) in [4.78, 5) is 17.1. The first kappa shape index (κ1) is 19.5. The number of carbonyl (C=O) groups is 1. The van der Waals surface area contributed by atoms with Crippen molar-refractivity contribution < 1.29 is 17.9 Å². The van der Waals surface area contributed by atoms with Crippen LogP contribution in [0.1, 0.15) is 17.5 Å². The third-order valence-electron chi connectivity index (χ3n) is 6.40. The number of urea groups is 1. The largest absolute Gasteiger partial charge is 0.378 e. The fourth-order valence-corrected chi connectivity index (χ4v) is 6.93. The molecule has 5 rings (SSSR count). The molecular formula is C22H25N3O4S. The van der Waals surface area contributed by atoms with Gasteiger partial charge in [-0.1, -0.05) is 48.5 Å². The van der Waals surface area contributed by atoms with Gasteiger partial charge in [0.2, 0.25) is 10.0 Å². The Morgan fingerprint density at radius 3 is 2.40 bits per heavy atom. The van der Waals surface area contributed by atoms with Crippen LogP contribution in [0.3, 0.4) is 0 Å². The second kappa shape index (κ2) is 7.37. The van der Waals surface area contributed by atoms with E-state index in [9.17, 15) is 13.2 Å². The molecule has 3 aliphatic heterocycles. The lowest BCUT2D eigenvalue weighted by Crippen LogP contribution is -2.50. The number of rotatable bonds is 2.